The lowest BCUT2D eigenvalue weighted by Crippen LogP contribution is -2.29. The molecule has 1 N–H and O–H groups in total. The molecule has 0 saturated heterocycles. The van der Waals surface area contributed by atoms with E-state index in [0.29, 0.717) is 11.6 Å². The number of aromatic nitrogens is 5. The molecule has 0 fully saturated rings. The van der Waals surface area contributed by atoms with E-state index in [0.717, 1.165) is 16.8 Å². The number of alkyl halides is 2. The van der Waals surface area contributed by atoms with E-state index < -0.39 is 18.4 Å². The van der Waals surface area contributed by atoms with E-state index in [1.54, 1.807) is 6.92 Å². The van der Waals surface area contributed by atoms with Crippen LogP contribution < -0.4 is 10.9 Å². The number of aryl methyl sites for hydroxylation is 1. The number of hydrogen-bond acceptors (Lipinski definition) is 5. The second kappa shape index (κ2) is 7.85. The molecule has 0 unspecified atom stereocenters. The Morgan fingerprint density at radius 2 is 2.00 bits per heavy atom. The van der Waals surface area contributed by atoms with Crippen LogP contribution in [-0.4, -0.2) is 30.5 Å². The van der Waals surface area contributed by atoms with Gasteiger partial charge in [0.2, 0.25) is 0 Å². The summed E-state index contributed by atoms with van der Waals surface area (Å²) in [6.07, 6.45) is -1.47. The van der Waals surface area contributed by atoms with Gasteiger partial charge >= 0.3 is 0 Å². The fraction of sp³-hybridized carbons (Fsp3) is 0.235. The zero-order valence-electron chi connectivity index (χ0n) is 14.8. The molecule has 1 aromatic carbocycles. The summed E-state index contributed by atoms with van der Waals surface area (Å²) in [5, 5.41) is 10.9. The van der Waals surface area contributed by atoms with Gasteiger partial charge < -0.3 is 5.32 Å². The summed E-state index contributed by atoms with van der Waals surface area (Å²) in [4.78, 5) is 28.1. The molecule has 2 heterocycles. The van der Waals surface area contributed by atoms with Gasteiger partial charge in [-0.1, -0.05) is 11.6 Å². The van der Waals surface area contributed by atoms with Crippen molar-refractivity contribution in [2.45, 2.75) is 19.4 Å². The van der Waals surface area contributed by atoms with Crippen LogP contribution in [0.2, 0.25) is 5.02 Å². The van der Waals surface area contributed by atoms with Crippen molar-refractivity contribution in [3.05, 3.63) is 69.0 Å². The predicted octanol–water partition coefficient (Wildman–Crippen LogP) is 2.44. The van der Waals surface area contributed by atoms with Crippen LogP contribution in [0.5, 0.6) is 0 Å². The number of rotatable bonds is 5. The van der Waals surface area contributed by atoms with Crippen molar-refractivity contribution in [1.82, 2.24) is 29.9 Å². The van der Waals surface area contributed by atoms with Gasteiger partial charge in [0.1, 0.15) is 6.33 Å². The standard InChI is InChI=1S/C17H15ClF2N6O2/c1-9(23-17(28)11-5-10(15(19)20)6-12(18)7-11)16-21-8-22-26(16)13-3-4-14(27)25(2)24-13/h3-9,15H,1-2H3,(H,23,28)/t9-/m0/s1. The Balaban J connectivity index is 1.85. The van der Waals surface area contributed by atoms with E-state index in [2.05, 4.69) is 20.5 Å². The van der Waals surface area contributed by atoms with Gasteiger partial charge in [-0.25, -0.2) is 18.4 Å². The highest BCUT2D eigenvalue weighted by Crippen LogP contribution is 2.24. The van der Waals surface area contributed by atoms with Crippen molar-refractivity contribution >= 4 is 17.5 Å². The first-order chi connectivity index (χ1) is 13.3. The summed E-state index contributed by atoms with van der Waals surface area (Å²) in [6.45, 7) is 1.65. The van der Waals surface area contributed by atoms with Crippen LogP contribution in [0.1, 0.15) is 41.1 Å². The molecule has 3 aromatic rings. The summed E-state index contributed by atoms with van der Waals surface area (Å²) in [5.41, 5.74) is -0.633. The number of nitrogens with one attached hydrogen (secondary N) is 1. The van der Waals surface area contributed by atoms with Crippen molar-refractivity contribution in [3.63, 3.8) is 0 Å². The Morgan fingerprint density at radius 3 is 2.68 bits per heavy atom. The average molecular weight is 409 g/mol. The fourth-order valence-electron chi connectivity index (χ4n) is 2.54. The van der Waals surface area contributed by atoms with Crippen LogP contribution in [0.3, 0.4) is 0 Å². The minimum Gasteiger partial charge on any atom is -0.342 e. The summed E-state index contributed by atoms with van der Waals surface area (Å²) in [5.74, 6) is 0.0777. The zero-order chi connectivity index (χ0) is 20.4. The van der Waals surface area contributed by atoms with E-state index in [1.807, 2.05) is 0 Å². The number of halogens is 3. The molecule has 1 amide bonds. The van der Waals surface area contributed by atoms with Gasteiger partial charge in [0.15, 0.2) is 11.6 Å². The van der Waals surface area contributed by atoms with Crippen LogP contribution in [-0.2, 0) is 7.05 Å². The maximum atomic E-state index is 12.9. The first kappa shape index (κ1) is 19.6. The lowest BCUT2D eigenvalue weighted by molar-refractivity contribution is 0.0937. The molecular weight excluding hydrogens is 394 g/mol. The van der Waals surface area contributed by atoms with E-state index in [-0.39, 0.29) is 21.7 Å². The van der Waals surface area contributed by atoms with Gasteiger partial charge in [-0.3, -0.25) is 9.59 Å². The maximum Gasteiger partial charge on any atom is 0.266 e. The third kappa shape index (κ3) is 4.06. The van der Waals surface area contributed by atoms with Crippen molar-refractivity contribution < 1.29 is 13.6 Å². The van der Waals surface area contributed by atoms with Crippen molar-refractivity contribution in [2.75, 3.05) is 0 Å². The van der Waals surface area contributed by atoms with Gasteiger partial charge in [0.05, 0.1) is 6.04 Å². The molecule has 0 aliphatic carbocycles. The third-order valence-corrected chi connectivity index (χ3v) is 4.12. The fourth-order valence-corrected chi connectivity index (χ4v) is 2.78. The smallest absolute Gasteiger partial charge is 0.266 e. The lowest BCUT2D eigenvalue weighted by atomic mass is 10.1. The minimum absolute atomic E-state index is 0.000878. The van der Waals surface area contributed by atoms with Crippen LogP contribution >= 0.6 is 11.6 Å². The normalized spacial score (nSPS) is 12.2. The molecule has 2 aromatic heterocycles. The molecule has 0 saturated carbocycles. The van der Waals surface area contributed by atoms with Crippen LogP contribution in [0.4, 0.5) is 8.78 Å². The Bertz CT molecular complexity index is 1080. The summed E-state index contributed by atoms with van der Waals surface area (Å²) < 4.78 is 28.4. The van der Waals surface area contributed by atoms with Crippen molar-refractivity contribution in [2.24, 2.45) is 7.05 Å². The van der Waals surface area contributed by atoms with Gasteiger partial charge in [-0.15, -0.1) is 5.10 Å². The second-order valence-corrected chi connectivity index (χ2v) is 6.39. The molecule has 0 aliphatic rings. The summed E-state index contributed by atoms with van der Waals surface area (Å²) in [7, 11) is 1.49. The molecule has 3 rings (SSSR count). The number of carbonyl (C=O) groups excluding carboxylic acids is 1. The Morgan fingerprint density at radius 1 is 1.25 bits per heavy atom. The van der Waals surface area contributed by atoms with E-state index in [4.69, 9.17) is 11.6 Å². The van der Waals surface area contributed by atoms with Crippen LogP contribution in [0.15, 0.2) is 41.5 Å². The number of nitrogens with zero attached hydrogens (tertiary/aromatic N) is 5. The SMILES string of the molecule is C[C@H](NC(=O)c1cc(Cl)cc(C(F)F)c1)c1ncnn1-c1ccc(=O)n(C)n1. The first-order valence-corrected chi connectivity index (χ1v) is 8.48. The highest BCUT2D eigenvalue weighted by molar-refractivity contribution is 6.31. The first-order valence-electron chi connectivity index (χ1n) is 8.10. The lowest BCUT2D eigenvalue weighted by Gasteiger charge is -2.15. The Hall–Kier alpha value is -3.14. The maximum absolute atomic E-state index is 12.9. The van der Waals surface area contributed by atoms with E-state index in [9.17, 15) is 18.4 Å². The molecule has 146 valence electrons. The van der Waals surface area contributed by atoms with Gasteiger partial charge in [0.25, 0.3) is 17.9 Å². The molecule has 1 atom stereocenters. The summed E-state index contributed by atoms with van der Waals surface area (Å²) in [6, 6.07) is 5.65. The Kier molecular flexibility index (Phi) is 5.50. The minimum atomic E-state index is -2.75. The van der Waals surface area contributed by atoms with Crippen LogP contribution in [0.25, 0.3) is 5.82 Å². The molecule has 0 spiro atoms. The van der Waals surface area contributed by atoms with Gasteiger partial charge in [-0.2, -0.15) is 9.78 Å². The molecule has 0 aliphatic heterocycles. The number of benzene rings is 1. The summed E-state index contributed by atoms with van der Waals surface area (Å²) >= 11 is 5.83. The molecule has 11 heteroatoms. The second-order valence-electron chi connectivity index (χ2n) is 5.95. The highest BCUT2D eigenvalue weighted by Gasteiger charge is 2.20. The van der Waals surface area contributed by atoms with Crippen molar-refractivity contribution in [1.29, 1.82) is 0 Å². The molecule has 0 bridgehead atoms. The molecule has 28 heavy (non-hydrogen) atoms. The topological polar surface area (TPSA) is 94.7 Å². The van der Waals surface area contributed by atoms with E-state index in [1.165, 1.54) is 36.3 Å². The average Bonchev–Trinajstić information content (AvgIpc) is 3.13. The highest BCUT2D eigenvalue weighted by atomic mass is 35.5. The monoisotopic (exact) mass is 408 g/mol. The van der Waals surface area contributed by atoms with Gasteiger partial charge in [-0.05, 0) is 31.2 Å². The number of hydrogen-bond donors (Lipinski definition) is 1. The molecule has 8 nitrogen and oxygen atoms in total. The third-order valence-electron chi connectivity index (χ3n) is 3.91. The largest absolute Gasteiger partial charge is 0.342 e. The van der Waals surface area contributed by atoms with E-state index >= 15 is 0 Å². The van der Waals surface area contributed by atoms with Crippen molar-refractivity contribution in [3.8, 4) is 5.82 Å². The van der Waals surface area contributed by atoms with Gasteiger partial charge in [0, 0.05) is 29.3 Å². The number of amides is 1. The predicted molar refractivity (Wildman–Crippen MR) is 96.7 cm³/mol. The number of carbonyl (C=O) groups is 1. The van der Waals surface area contributed by atoms with Crippen LogP contribution in [0, 0.1) is 0 Å². The molecular formula is C17H15ClF2N6O2. The quantitative estimate of drug-likeness (QED) is 0.699. The zero-order valence-corrected chi connectivity index (χ0v) is 15.6. The Labute approximate surface area is 162 Å². The molecule has 0 radical (unpaired) electrons.